The fourth-order valence-corrected chi connectivity index (χ4v) is 3.14. The Morgan fingerprint density at radius 3 is 1.58 bits per heavy atom. The summed E-state index contributed by atoms with van der Waals surface area (Å²) in [5.74, 6) is 2.01. The first-order valence-electron chi connectivity index (χ1n) is 7.92. The van der Waals surface area contributed by atoms with Crippen molar-refractivity contribution in [3.8, 4) is 11.4 Å². The van der Waals surface area contributed by atoms with Crippen molar-refractivity contribution in [3.63, 3.8) is 0 Å². The maximum atomic E-state index is 4.56. The van der Waals surface area contributed by atoms with Gasteiger partial charge >= 0.3 is 0 Å². The topological polar surface area (TPSA) is 47.7 Å². The van der Waals surface area contributed by atoms with Crippen molar-refractivity contribution in [2.75, 3.05) is 5.32 Å². The molecule has 0 radical (unpaired) electrons. The fraction of sp³-hybridized carbons (Fsp3) is 0.0526. The summed E-state index contributed by atoms with van der Waals surface area (Å²) in [6.45, 7) is 0. The zero-order chi connectivity index (χ0) is 15.9. The first-order valence-corrected chi connectivity index (χ1v) is 7.92. The van der Waals surface area contributed by atoms with E-state index in [4.69, 9.17) is 0 Å². The molecule has 5 nitrogen and oxygen atoms in total. The lowest BCUT2D eigenvalue weighted by Crippen LogP contribution is -2.12. The van der Waals surface area contributed by atoms with Crippen LogP contribution >= 0.6 is 0 Å². The Hall–Kier alpha value is -3.34. The van der Waals surface area contributed by atoms with Crippen LogP contribution in [0.15, 0.2) is 73.1 Å². The highest BCUT2D eigenvalue weighted by molar-refractivity contribution is 5.69. The SMILES string of the molecule is c1ccc(-n2ncc3c2Nc2c(cnn2-c2ccccc2)C3)cc1. The molecule has 1 aliphatic heterocycles. The Balaban J connectivity index is 1.61. The van der Waals surface area contributed by atoms with Gasteiger partial charge in [0.05, 0.1) is 23.8 Å². The third kappa shape index (κ3) is 1.95. The maximum Gasteiger partial charge on any atom is 0.138 e. The van der Waals surface area contributed by atoms with Crippen LogP contribution < -0.4 is 5.32 Å². The lowest BCUT2D eigenvalue weighted by atomic mass is 10.1. The second kappa shape index (κ2) is 5.09. The van der Waals surface area contributed by atoms with Crippen molar-refractivity contribution in [2.45, 2.75) is 6.42 Å². The monoisotopic (exact) mass is 313 g/mol. The van der Waals surface area contributed by atoms with Crippen LogP contribution in [0.2, 0.25) is 0 Å². The van der Waals surface area contributed by atoms with Crippen LogP contribution in [0.1, 0.15) is 11.1 Å². The van der Waals surface area contributed by atoms with Crippen LogP contribution in [0.5, 0.6) is 0 Å². The molecule has 0 amide bonds. The molecule has 1 N–H and O–H groups in total. The number of benzene rings is 2. The van der Waals surface area contributed by atoms with E-state index in [2.05, 4.69) is 39.8 Å². The largest absolute Gasteiger partial charge is 0.324 e. The molecule has 0 aliphatic carbocycles. The van der Waals surface area contributed by atoms with Crippen LogP contribution in [0, 0.1) is 0 Å². The van der Waals surface area contributed by atoms with E-state index in [9.17, 15) is 0 Å². The summed E-state index contributed by atoms with van der Waals surface area (Å²) in [6.07, 6.45) is 4.69. The summed E-state index contributed by atoms with van der Waals surface area (Å²) in [7, 11) is 0. The Morgan fingerprint density at radius 2 is 1.12 bits per heavy atom. The molecule has 2 aromatic heterocycles. The summed E-state index contributed by atoms with van der Waals surface area (Å²) in [5.41, 5.74) is 4.44. The highest BCUT2D eigenvalue weighted by Gasteiger charge is 2.24. The van der Waals surface area contributed by atoms with Crippen LogP contribution in [-0.2, 0) is 6.42 Å². The van der Waals surface area contributed by atoms with Crippen molar-refractivity contribution in [3.05, 3.63) is 84.2 Å². The Bertz CT molecular complexity index is 917. The number of hydrogen-bond acceptors (Lipinski definition) is 3. The molecule has 0 bridgehead atoms. The predicted molar refractivity (Wildman–Crippen MR) is 93.2 cm³/mol. The number of fused-ring (bicyclic) bond motifs is 2. The van der Waals surface area contributed by atoms with E-state index in [1.807, 2.05) is 58.2 Å². The molecule has 0 saturated carbocycles. The van der Waals surface area contributed by atoms with Gasteiger partial charge in [-0.3, -0.25) is 0 Å². The van der Waals surface area contributed by atoms with Gasteiger partial charge < -0.3 is 5.32 Å². The number of aromatic nitrogens is 4. The van der Waals surface area contributed by atoms with E-state index in [1.165, 1.54) is 11.1 Å². The third-order valence-corrected chi connectivity index (χ3v) is 4.31. The van der Waals surface area contributed by atoms with Crippen molar-refractivity contribution < 1.29 is 0 Å². The van der Waals surface area contributed by atoms with Gasteiger partial charge in [0.2, 0.25) is 0 Å². The molecule has 116 valence electrons. The van der Waals surface area contributed by atoms with Crippen LogP contribution in [0.25, 0.3) is 11.4 Å². The number of para-hydroxylation sites is 2. The highest BCUT2D eigenvalue weighted by atomic mass is 15.4. The van der Waals surface area contributed by atoms with Gasteiger partial charge in [0.15, 0.2) is 0 Å². The molecule has 1 aliphatic rings. The molecule has 0 spiro atoms. The number of hydrogen-bond donors (Lipinski definition) is 1. The Labute approximate surface area is 139 Å². The minimum absolute atomic E-state index is 0.831. The summed E-state index contributed by atoms with van der Waals surface area (Å²) in [5, 5.41) is 12.7. The molecule has 0 fully saturated rings. The highest BCUT2D eigenvalue weighted by Crippen LogP contribution is 2.35. The molecule has 5 heteroatoms. The molecule has 5 rings (SSSR count). The molecule has 0 saturated heterocycles. The van der Waals surface area contributed by atoms with Crippen molar-refractivity contribution in [1.82, 2.24) is 19.6 Å². The van der Waals surface area contributed by atoms with E-state index in [0.29, 0.717) is 0 Å². The number of nitrogens with one attached hydrogen (secondary N) is 1. The first kappa shape index (κ1) is 13.1. The van der Waals surface area contributed by atoms with Crippen LogP contribution in [0.3, 0.4) is 0 Å². The number of rotatable bonds is 2. The molecule has 0 atom stereocenters. The third-order valence-electron chi connectivity index (χ3n) is 4.31. The minimum Gasteiger partial charge on any atom is -0.324 e. The normalized spacial score (nSPS) is 12.3. The Morgan fingerprint density at radius 1 is 0.667 bits per heavy atom. The van der Waals surface area contributed by atoms with E-state index in [0.717, 1.165) is 29.4 Å². The van der Waals surface area contributed by atoms with Crippen molar-refractivity contribution >= 4 is 11.6 Å². The van der Waals surface area contributed by atoms with Gasteiger partial charge in [-0.25, -0.2) is 9.36 Å². The van der Waals surface area contributed by atoms with Gasteiger partial charge in [-0.2, -0.15) is 10.2 Å². The lowest BCUT2D eigenvalue weighted by molar-refractivity contribution is 0.864. The molecule has 2 aromatic carbocycles. The molecule has 0 unspecified atom stereocenters. The van der Waals surface area contributed by atoms with E-state index < -0.39 is 0 Å². The van der Waals surface area contributed by atoms with Gasteiger partial charge in [-0.1, -0.05) is 36.4 Å². The number of nitrogens with zero attached hydrogens (tertiary/aromatic N) is 4. The summed E-state index contributed by atoms with van der Waals surface area (Å²) in [6, 6.07) is 20.3. The van der Waals surface area contributed by atoms with Crippen LogP contribution in [-0.4, -0.2) is 19.6 Å². The van der Waals surface area contributed by atoms with E-state index in [1.54, 1.807) is 0 Å². The van der Waals surface area contributed by atoms with Gasteiger partial charge in [0.25, 0.3) is 0 Å². The molecular weight excluding hydrogens is 298 g/mol. The smallest absolute Gasteiger partial charge is 0.138 e. The summed E-state index contributed by atoms with van der Waals surface area (Å²) >= 11 is 0. The standard InChI is InChI=1S/C19H15N5/c1-3-7-16(8-4-1)23-18-14(12-20-23)11-15-13-21-24(19(15)22-18)17-9-5-2-6-10-17/h1-10,12-13,22H,11H2. The average Bonchev–Trinajstić information content (AvgIpc) is 3.25. The zero-order valence-electron chi connectivity index (χ0n) is 12.9. The zero-order valence-corrected chi connectivity index (χ0v) is 12.9. The van der Waals surface area contributed by atoms with E-state index in [-0.39, 0.29) is 0 Å². The first-order chi connectivity index (χ1) is 11.9. The van der Waals surface area contributed by atoms with Gasteiger partial charge in [0.1, 0.15) is 11.6 Å². The fourth-order valence-electron chi connectivity index (χ4n) is 3.14. The number of anilines is 2. The molecule has 3 heterocycles. The second-order valence-electron chi connectivity index (χ2n) is 5.83. The quantitative estimate of drug-likeness (QED) is 0.540. The van der Waals surface area contributed by atoms with Crippen LogP contribution in [0.4, 0.5) is 11.6 Å². The van der Waals surface area contributed by atoms with Crippen molar-refractivity contribution in [2.24, 2.45) is 0 Å². The second-order valence-corrected chi connectivity index (χ2v) is 5.83. The molecular formula is C19H15N5. The van der Waals surface area contributed by atoms with Gasteiger partial charge in [0, 0.05) is 17.5 Å². The average molecular weight is 313 g/mol. The minimum atomic E-state index is 0.831. The predicted octanol–water partition coefficient (Wildman–Crippen LogP) is 3.71. The van der Waals surface area contributed by atoms with Gasteiger partial charge in [-0.15, -0.1) is 0 Å². The molecule has 4 aromatic rings. The van der Waals surface area contributed by atoms with Crippen molar-refractivity contribution in [1.29, 1.82) is 0 Å². The summed E-state index contributed by atoms with van der Waals surface area (Å²) in [4.78, 5) is 0. The summed E-state index contributed by atoms with van der Waals surface area (Å²) < 4.78 is 3.89. The van der Waals surface area contributed by atoms with E-state index >= 15 is 0 Å². The Kier molecular flexibility index (Phi) is 2.79. The lowest BCUT2D eigenvalue weighted by Gasteiger charge is -2.19. The maximum absolute atomic E-state index is 4.56. The molecule has 24 heavy (non-hydrogen) atoms. The van der Waals surface area contributed by atoms with Gasteiger partial charge in [-0.05, 0) is 24.3 Å².